The SMILES string of the molecule is O=C(COc1ccc(/C=N\NC(=O)c2ccc(O)cc2)cc1Cl)Nc1ccccc1F. The third-order valence-electron chi connectivity index (χ3n) is 3.97. The predicted octanol–water partition coefficient (Wildman–Crippen LogP) is 3.97. The summed E-state index contributed by atoms with van der Waals surface area (Å²) < 4.78 is 18.9. The third kappa shape index (κ3) is 6.28. The Morgan fingerprint density at radius 3 is 2.55 bits per heavy atom. The first-order chi connectivity index (χ1) is 14.9. The minimum atomic E-state index is -0.546. The van der Waals surface area contributed by atoms with Crippen LogP contribution in [0.1, 0.15) is 15.9 Å². The highest BCUT2D eigenvalue weighted by Crippen LogP contribution is 2.25. The van der Waals surface area contributed by atoms with Crippen LogP contribution in [0.2, 0.25) is 5.02 Å². The lowest BCUT2D eigenvalue weighted by molar-refractivity contribution is -0.118. The van der Waals surface area contributed by atoms with E-state index in [1.54, 1.807) is 24.3 Å². The van der Waals surface area contributed by atoms with Crippen LogP contribution in [-0.4, -0.2) is 29.7 Å². The maximum Gasteiger partial charge on any atom is 0.271 e. The minimum absolute atomic E-state index is 0.0571. The zero-order valence-corrected chi connectivity index (χ0v) is 16.8. The molecule has 0 aliphatic heterocycles. The monoisotopic (exact) mass is 441 g/mol. The Labute approximate surface area is 182 Å². The molecule has 2 amide bonds. The van der Waals surface area contributed by atoms with E-state index in [4.69, 9.17) is 16.3 Å². The number of carbonyl (C=O) groups is 2. The number of carbonyl (C=O) groups excluding carboxylic acids is 2. The van der Waals surface area contributed by atoms with Crippen LogP contribution in [0.15, 0.2) is 71.8 Å². The van der Waals surface area contributed by atoms with Crippen molar-refractivity contribution in [2.75, 3.05) is 11.9 Å². The van der Waals surface area contributed by atoms with Gasteiger partial charge in [0, 0.05) is 5.56 Å². The third-order valence-corrected chi connectivity index (χ3v) is 4.27. The maximum atomic E-state index is 13.6. The summed E-state index contributed by atoms with van der Waals surface area (Å²) in [6.45, 7) is -0.357. The van der Waals surface area contributed by atoms with Gasteiger partial charge in [0.1, 0.15) is 17.3 Å². The molecule has 9 heteroatoms. The molecule has 0 fully saturated rings. The number of ether oxygens (including phenoxy) is 1. The molecule has 0 aromatic heterocycles. The van der Waals surface area contributed by atoms with Crippen LogP contribution in [0.4, 0.5) is 10.1 Å². The van der Waals surface area contributed by atoms with E-state index in [1.165, 1.54) is 48.7 Å². The number of amides is 2. The fourth-order valence-corrected chi connectivity index (χ4v) is 2.69. The van der Waals surface area contributed by atoms with Crippen LogP contribution in [-0.2, 0) is 4.79 Å². The molecule has 0 unspecified atom stereocenters. The second-order valence-corrected chi connectivity index (χ2v) is 6.66. The summed E-state index contributed by atoms with van der Waals surface area (Å²) in [6.07, 6.45) is 1.39. The van der Waals surface area contributed by atoms with Crippen LogP contribution in [0.5, 0.6) is 11.5 Å². The van der Waals surface area contributed by atoms with Crippen molar-refractivity contribution in [1.29, 1.82) is 0 Å². The Balaban J connectivity index is 1.52. The van der Waals surface area contributed by atoms with Crippen LogP contribution in [0, 0.1) is 5.82 Å². The Hall–Kier alpha value is -3.91. The van der Waals surface area contributed by atoms with E-state index in [0.29, 0.717) is 11.1 Å². The normalized spacial score (nSPS) is 10.6. The van der Waals surface area contributed by atoms with Gasteiger partial charge >= 0.3 is 0 Å². The molecule has 0 saturated heterocycles. The Kier molecular flexibility index (Phi) is 7.18. The second kappa shape index (κ2) is 10.2. The fourth-order valence-electron chi connectivity index (χ4n) is 2.45. The summed E-state index contributed by atoms with van der Waals surface area (Å²) in [4.78, 5) is 23.9. The number of nitrogens with one attached hydrogen (secondary N) is 2. The van der Waals surface area contributed by atoms with Gasteiger partial charge in [-0.25, -0.2) is 9.82 Å². The first-order valence-electron chi connectivity index (χ1n) is 9.01. The molecule has 0 bridgehead atoms. The molecule has 0 atom stereocenters. The molecular weight excluding hydrogens is 425 g/mol. The zero-order chi connectivity index (χ0) is 22.2. The van der Waals surface area contributed by atoms with Gasteiger partial charge in [-0.05, 0) is 60.2 Å². The molecule has 3 aromatic rings. The fraction of sp³-hybridized carbons (Fsp3) is 0.0455. The number of phenolic OH excluding ortho intramolecular Hbond substituents is 1. The number of hydrazone groups is 1. The van der Waals surface area contributed by atoms with E-state index in [0.717, 1.165) is 0 Å². The number of nitrogens with zero attached hydrogens (tertiary/aromatic N) is 1. The topological polar surface area (TPSA) is 100 Å². The van der Waals surface area contributed by atoms with Gasteiger partial charge in [0.15, 0.2) is 6.61 Å². The zero-order valence-electron chi connectivity index (χ0n) is 16.0. The predicted molar refractivity (Wildman–Crippen MR) is 115 cm³/mol. The highest BCUT2D eigenvalue weighted by molar-refractivity contribution is 6.32. The van der Waals surface area contributed by atoms with Gasteiger partial charge in [0.25, 0.3) is 11.8 Å². The van der Waals surface area contributed by atoms with Crippen molar-refractivity contribution < 1.29 is 23.8 Å². The molecule has 0 radical (unpaired) electrons. The summed E-state index contributed by atoms with van der Waals surface area (Å²) in [6, 6.07) is 16.2. The number of hydrogen-bond acceptors (Lipinski definition) is 5. The molecule has 0 saturated carbocycles. The van der Waals surface area contributed by atoms with Crippen LogP contribution < -0.4 is 15.5 Å². The molecular formula is C22H17ClFN3O4. The molecule has 31 heavy (non-hydrogen) atoms. The van der Waals surface area contributed by atoms with Gasteiger partial charge < -0.3 is 15.2 Å². The summed E-state index contributed by atoms with van der Waals surface area (Å²) in [5.41, 5.74) is 3.34. The van der Waals surface area contributed by atoms with Gasteiger partial charge in [-0.1, -0.05) is 23.7 Å². The standard InChI is InChI=1S/C22H17ClFN3O4/c23-17-11-14(12-25-27-22(30)15-6-8-16(28)9-7-15)5-10-20(17)31-13-21(29)26-19-4-2-1-3-18(19)24/h1-12,28H,13H2,(H,26,29)(H,27,30)/b25-12-. The van der Waals surface area contributed by atoms with E-state index < -0.39 is 17.6 Å². The summed E-state index contributed by atoms with van der Waals surface area (Å²) in [5, 5.41) is 15.7. The van der Waals surface area contributed by atoms with Crippen molar-refractivity contribution in [2.24, 2.45) is 5.10 Å². The van der Waals surface area contributed by atoms with Crippen LogP contribution in [0.3, 0.4) is 0 Å². The van der Waals surface area contributed by atoms with Crippen molar-refractivity contribution in [3.63, 3.8) is 0 Å². The van der Waals surface area contributed by atoms with Gasteiger partial charge in [-0.15, -0.1) is 0 Å². The molecule has 0 aliphatic rings. The Bertz CT molecular complexity index is 1120. The maximum absolute atomic E-state index is 13.6. The first-order valence-corrected chi connectivity index (χ1v) is 9.39. The van der Waals surface area contributed by atoms with E-state index in [2.05, 4.69) is 15.8 Å². The second-order valence-electron chi connectivity index (χ2n) is 6.25. The molecule has 3 rings (SSSR count). The Morgan fingerprint density at radius 1 is 1.10 bits per heavy atom. The van der Waals surface area contributed by atoms with E-state index in [-0.39, 0.29) is 28.8 Å². The number of halogens is 2. The number of para-hydroxylation sites is 1. The van der Waals surface area contributed by atoms with Crippen molar-refractivity contribution >= 4 is 35.3 Å². The van der Waals surface area contributed by atoms with Gasteiger partial charge in [0.2, 0.25) is 0 Å². The average Bonchev–Trinajstić information content (AvgIpc) is 2.75. The summed E-state index contributed by atoms with van der Waals surface area (Å²) in [7, 11) is 0. The lowest BCUT2D eigenvalue weighted by Gasteiger charge is -2.09. The number of hydrogen-bond donors (Lipinski definition) is 3. The van der Waals surface area contributed by atoms with E-state index >= 15 is 0 Å². The van der Waals surface area contributed by atoms with Crippen molar-refractivity contribution in [3.05, 3.63) is 88.7 Å². The largest absolute Gasteiger partial charge is 0.508 e. The quantitative estimate of drug-likeness (QED) is 0.381. The van der Waals surface area contributed by atoms with E-state index in [1.807, 2.05) is 0 Å². The van der Waals surface area contributed by atoms with Gasteiger partial charge in [-0.3, -0.25) is 9.59 Å². The van der Waals surface area contributed by atoms with Crippen molar-refractivity contribution in [3.8, 4) is 11.5 Å². The average molecular weight is 442 g/mol. The number of aromatic hydroxyl groups is 1. The lowest BCUT2D eigenvalue weighted by atomic mass is 10.2. The number of benzene rings is 3. The minimum Gasteiger partial charge on any atom is -0.508 e. The lowest BCUT2D eigenvalue weighted by Crippen LogP contribution is -2.20. The van der Waals surface area contributed by atoms with Gasteiger partial charge in [-0.2, -0.15) is 5.10 Å². The van der Waals surface area contributed by atoms with Gasteiger partial charge in [0.05, 0.1) is 16.9 Å². The first kappa shape index (κ1) is 21.8. The van der Waals surface area contributed by atoms with Crippen LogP contribution >= 0.6 is 11.6 Å². The Morgan fingerprint density at radius 2 is 1.84 bits per heavy atom. The molecule has 0 aliphatic carbocycles. The highest BCUT2D eigenvalue weighted by atomic mass is 35.5. The highest BCUT2D eigenvalue weighted by Gasteiger charge is 2.09. The molecule has 3 aromatic carbocycles. The molecule has 0 spiro atoms. The molecule has 158 valence electrons. The molecule has 0 heterocycles. The van der Waals surface area contributed by atoms with Crippen molar-refractivity contribution in [2.45, 2.75) is 0 Å². The molecule has 3 N–H and O–H groups in total. The summed E-state index contributed by atoms with van der Waals surface area (Å²) >= 11 is 6.16. The summed E-state index contributed by atoms with van der Waals surface area (Å²) in [5.74, 6) is -1.21. The number of rotatable bonds is 7. The number of anilines is 1. The van der Waals surface area contributed by atoms with Crippen LogP contribution in [0.25, 0.3) is 0 Å². The molecule has 7 nitrogen and oxygen atoms in total. The van der Waals surface area contributed by atoms with Crippen molar-refractivity contribution in [1.82, 2.24) is 5.43 Å². The van der Waals surface area contributed by atoms with E-state index in [9.17, 15) is 19.1 Å². The number of phenols is 1. The smallest absolute Gasteiger partial charge is 0.271 e.